The minimum absolute atomic E-state index is 0.756. The molecule has 0 aliphatic rings. The molecule has 0 aromatic heterocycles. The van der Waals surface area contributed by atoms with Gasteiger partial charge in [-0.1, -0.05) is 36.4 Å². The summed E-state index contributed by atoms with van der Waals surface area (Å²) in [5.41, 5.74) is 0. The lowest BCUT2D eigenvalue weighted by Crippen LogP contribution is -2.36. The highest BCUT2D eigenvalue weighted by atomic mass is 127. The first kappa shape index (κ1) is 18.6. The number of rotatable bonds is 12. The molecular weight excluding hydrogens is 339 g/mol. The van der Waals surface area contributed by atoms with Crippen LogP contribution in [0.3, 0.4) is 0 Å². The lowest BCUT2D eigenvalue weighted by atomic mass is 10.2. The van der Waals surface area contributed by atoms with E-state index in [-0.39, 0.29) is 0 Å². The van der Waals surface area contributed by atoms with Crippen LogP contribution in [0.5, 0.6) is 0 Å². The summed E-state index contributed by atoms with van der Waals surface area (Å²) in [6, 6.07) is 0. The van der Waals surface area contributed by atoms with Gasteiger partial charge in [0.1, 0.15) is 0 Å². The summed E-state index contributed by atoms with van der Waals surface area (Å²) in [6.45, 7) is 12.2. The Labute approximate surface area is 127 Å². The lowest BCUT2D eigenvalue weighted by molar-refractivity contribution is 0.294. The van der Waals surface area contributed by atoms with E-state index in [9.17, 15) is 0 Å². The van der Waals surface area contributed by atoms with Crippen molar-refractivity contribution >= 4 is 22.6 Å². The van der Waals surface area contributed by atoms with Crippen molar-refractivity contribution < 1.29 is 0 Å². The topological polar surface area (TPSA) is 30.5 Å². The summed E-state index contributed by atoms with van der Waals surface area (Å²) in [5.74, 6) is 0.756. The van der Waals surface area contributed by atoms with Gasteiger partial charge in [0.15, 0.2) is 0 Å². The van der Waals surface area contributed by atoms with Gasteiger partial charge < -0.3 is 15.5 Å². The fourth-order valence-corrected chi connectivity index (χ4v) is 2.08. The minimum atomic E-state index is 0.756. The molecule has 4 nitrogen and oxygen atoms in total. The van der Waals surface area contributed by atoms with Gasteiger partial charge in [0.25, 0.3) is 0 Å². The van der Waals surface area contributed by atoms with Crippen molar-refractivity contribution in [1.82, 2.24) is 20.4 Å². The summed E-state index contributed by atoms with van der Waals surface area (Å²) < 4.78 is 1.10. The average molecular weight is 370 g/mol. The predicted octanol–water partition coefficient (Wildman–Crippen LogP) is 1.08. The third kappa shape index (κ3) is 13.0. The van der Waals surface area contributed by atoms with Gasteiger partial charge in [-0.3, -0.25) is 4.90 Å². The Balaban J connectivity index is 3.16. The van der Waals surface area contributed by atoms with Crippen LogP contribution < -0.4 is 10.6 Å². The van der Waals surface area contributed by atoms with Crippen LogP contribution in [-0.2, 0) is 0 Å². The quantitative estimate of drug-likeness (QED) is 0.233. The third-order valence-electron chi connectivity index (χ3n) is 2.70. The summed E-state index contributed by atoms with van der Waals surface area (Å²) in [7, 11) is 4.34. The Kier molecular flexibility index (Phi) is 13.0. The fourth-order valence-electron chi connectivity index (χ4n) is 1.74. The molecule has 0 fully saturated rings. The van der Waals surface area contributed by atoms with Crippen LogP contribution in [0, 0.1) is 5.92 Å². The molecule has 18 heavy (non-hydrogen) atoms. The zero-order chi connectivity index (χ0) is 13.8. The molecule has 0 heterocycles. The van der Waals surface area contributed by atoms with Crippen molar-refractivity contribution in [3.63, 3.8) is 0 Å². The molecule has 0 aromatic rings. The highest BCUT2D eigenvalue weighted by Crippen LogP contribution is 1.93. The molecule has 0 saturated carbocycles. The molecule has 110 valence electrons. The Morgan fingerprint density at radius 3 is 1.83 bits per heavy atom. The number of hydrogen-bond donors (Lipinski definition) is 2. The van der Waals surface area contributed by atoms with E-state index in [2.05, 4.69) is 71.0 Å². The summed E-state index contributed by atoms with van der Waals surface area (Å²) in [4.78, 5) is 4.70. The highest BCUT2D eigenvalue weighted by Gasteiger charge is 2.00. The number of hydrogen-bond acceptors (Lipinski definition) is 4. The molecule has 2 N–H and O–H groups in total. The van der Waals surface area contributed by atoms with Gasteiger partial charge in [-0.2, -0.15) is 0 Å². The SMILES string of the molecule is CC(C)CN(C)CCNCCNCCN(C)CI. The normalized spacial score (nSPS) is 12.0. The molecule has 0 aliphatic carbocycles. The van der Waals surface area contributed by atoms with Gasteiger partial charge >= 0.3 is 0 Å². The van der Waals surface area contributed by atoms with Gasteiger partial charge in [-0.05, 0) is 20.0 Å². The summed E-state index contributed by atoms with van der Waals surface area (Å²) in [5, 5.41) is 6.92. The number of nitrogens with one attached hydrogen (secondary N) is 2. The second kappa shape index (κ2) is 12.6. The van der Waals surface area contributed by atoms with Crippen molar-refractivity contribution in [3.05, 3.63) is 0 Å². The van der Waals surface area contributed by atoms with Crippen LogP contribution in [-0.4, -0.2) is 74.3 Å². The first-order valence-corrected chi connectivity index (χ1v) is 8.43. The van der Waals surface area contributed by atoms with Crippen molar-refractivity contribution in [2.45, 2.75) is 13.8 Å². The minimum Gasteiger partial charge on any atom is -0.314 e. The highest BCUT2D eigenvalue weighted by molar-refractivity contribution is 14.1. The number of likely N-dealkylation sites (N-methyl/N-ethyl adjacent to an activating group) is 2. The van der Waals surface area contributed by atoms with Gasteiger partial charge in [-0.15, -0.1) is 0 Å². The van der Waals surface area contributed by atoms with Crippen LogP contribution in [0.15, 0.2) is 0 Å². The van der Waals surface area contributed by atoms with Crippen molar-refractivity contribution in [2.24, 2.45) is 5.92 Å². The van der Waals surface area contributed by atoms with Crippen molar-refractivity contribution in [1.29, 1.82) is 0 Å². The van der Waals surface area contributed by atoms with Crippen LogP contribution in [0.25, 0.3) is 0 Å². The summed E-state index contributed by atoms with van der Waals surface area (Å²) in [6.07, 6.45) is 0. The average Bonchev–Trinajstić information content (AvgIpc) is 2.31. The number of nitrogens with zero attached hydrogens (tertiary/aromatic N) is 2. The Bertz CT molecular complexity index is 178. The Morgan fingerprint density at radius 2 is 1.39 bits per heavy atom. The molecule has 0 amide bonds. The smallest absolute Gasteiger partial charge is 0.0503 e. The van der Waals surface area contributed by atoms with E-state index < -0.39 is 0 Å². The van der Waals surface area contributed by atoms with E-state index in [1.807, 2.05) is 0 Å². The van der Waals surface area contributed by atoms with Crippen molar-refractivity contribution in [2.75, 3.05) is 64.5 Å². The second-order valence-electron chi connectivity index (χ2n) is 5.36. The number of halogens is 1. The second-order valence-corrected chi connectivity index (χ2v) is 6.04. The van der Waals surface area contributed by atoms with Crippen molar-refractivity contribution in [3.8, 4) is 0 Å². The molecule has 0 unspecified atom stereocenters. The van der Waals surface area contributed by atoms with Gasteiger partial charge in [0.05, 0.1) is 4.55 Å². The largest absolute Gasteiger partial charge is 0.314 e. The van der Waals surface area contributed by atoms with Gasteiger partial charge in [0, 0.05) is 45.8 Å². The molecule has 0 spiro atoms. The maximum absolute atomic E-state index is 3.47. The molecule has 0 rings (SSSR count). The fraction of sp³-hybridized carbons (Fsp3) is 1.00. The molecule has 0 aromatic carbocycles. The molecule has 0 radical (unpaired) electrons. The Hall–Kier alpha value is 0.570. The lowest BCUT2D eigenvalue weighted by Gasteiger charge is -2.19. The van der Waals surface area contributed by atoms with E-state index >= 15 is 0 Å². The third-order valence-corrected chi connectivity index (χ3v) is 3.86. The van der Waals surface area contributed by atoms with E-state index in [0.29, 0.717) is 0 Å². The maximum Gasteiger partial charge on any atom is 0.0503 e. The molecular formula is C13H31IN4. The van der Waals surface area contributed by atoms with E-state index in [0.717, 1.165) is 49.7 Å². The van der Waals surface area contributed by atoms with Gasteiger partial charge in [-0.25, -0.2) is 0 Å². The first-order chi connectivity index (χ1) is 8.56. The summed E-state index contributed by atoms with van der Waals surface area (Å²) >= 11 is 2.39. The van der Waals surface area contributed by atoms with E-state index in [4.69, 9.17) is 0 Å². The monoisotopic (exact) mass is 370 g/mol. The number of alkyl halides is 1. The van der Waals surface area contributed by atoms with Crippen LogP contribution in [0.4, 0.5) is 0 Å². The zero-order valence-corrected chi connectivity index (χ0v) is 14.7. The molecule has 0 saturated heterocycles. The van der Waals surface area contributed by atoms with Crippen LogP contribution in [0.2, 0.25) is 0 Å². The molecule has 0 aliphatic heterocycles. The van der Waals surface area contributed by atoms with Crippen LogP contribution in [0.1, 0.15) is 13.8 Å². The maximum atomic E-state index is 3.47. The molecule has 0 atom stereocenters. The van der Waals surface area contributed by atoms with Gasteiger partial charge in [0.2, 0.25) is 0 Å². The molecule has 0 bridgehead atoms. The predicted molar refractivity (Wildman–Crippen MR) is 89.6 cm³/mol. The molecule has 5 heteroatoms. The van der Waals surface area contributed by atoms with E-state index in [1.165, 1.54) is 6.54 Å². The first-order valence-electron chi connectivity index (χ1n) is 6.90. The standard InChI is InChI=1S/C13H31IN4/c1-13(2)11-17(3)9-7-15-5-6-16-8-10-18(4)12-14/h13,15-16H,5-12H2,1-4H3. The van der Waals surface area contributed by atoms with E-state index in [1.54, 1.807) is 0 Å². The zero-order valence-electron chi connectivity index (χ0n) is 12.5. The Morgan fingerprint density at radius 1 is 0.889 bits per heavy atom. The van der Waals surface area contributed by atoms with Crippen LogP contribution >= 0.6 is 22.6 Å².